The lowest BCUT2D eigenvalue weighted by Crippen LogP contribution is -2.34. The summed E-state index contributed by atoms with van der Waals surface area (Å²) < 4.78 is 5.53. The van der Waals surface area contributed by atoms with Crippen molar-refractivity contribution in [3.8, 4) is 0 Å². The van der Waals surface area contributed by atoms with Gasteiger partial charge >= 0.3 is 0 Å². The van der Waals surface area contributed by atoms with Crippen LogP contribution < -0.4 is 5.48 Å². The fourth-order valence-corrected chi connectivity index (χ4v) is 1.94. The SMILES string of the molecule is CC(C)CONC(=O)C1OCCc2ccccc21. The van der Waals surface area contributed by atoms with Gasteiger partial charge in [0.15, 0.2) is 6.10 Å². The second-order valence-corrected chi connectivity index (χ2v) is 4.87. The number of carbonyl (C=O) groups excluding carboxylic acids is 1. The van der Waals surface area contributed by atoms with Crippen molar-refractivity contribution in [2.45, 2.75) is 26.4 Å². The highest BCUT2D eigenvalue weighted by Gasteiger charge is 2.27. The van der Waals surface area contributed by atoms with Crippen LogP contribution in [0.4, 0.5) is 0 Å². The van der Waals surface area contributed by atoms with Crippen LogP contribution in [0.3, 0.4) is 0 Å². The predicted octanol–water partition coefficient (Wildman–Crippen LogP) is 2.00. The maximum Gasteiger partial charge on any atom is 0.277 e. The van der Waals surface area contributed by atoms with E-state index in [2.05, 4.69) is 5.48 Å². The molecule has 0 bridgehead atoms. The number of ether oxygens (including phenoxy) is 1. The molecule has 1 aliphatic rings. The van der Waals surface area contributed by atoms with Crippen LogP contribution in [0, 0.1) is 5.92 Å². The Labute approximate surface area is 107 Å². The molecular weight excluding hydrogens is 230 g/mol. The zero-order chi connectivity index (χ0) is 13.0. The average Bonchev–Trinajstić information content (AvgIpc) is 2.37. The first-order valence-corrected chi connectivity index (χ1v) is 6.29. The minimum Gasteiger partial charge on any atom is -0.363 e. The third-order valence-electron chi connectivity index (χ3n) is 2.82. The van der Waals surface area contributed by atoms with Gasteiger partial charge < -0.3 is 4.74 Å². The lowest BCUT2D eigenvalue weighted by Gasteiger charge is -2.25. The van der Waals surface area contributed by atoms with Gasteiger partial charge in [0.1, 0.15) is 0 Å². The standard InChI is InChI=1S/C14H19NO3/c1-10(2)9-18-15-14(16)13-12-6-4-3-5-11(12)7-8-17-13/h3-6,10,13H,7-9H2,1-2H3,(H,15,16). The van der Waals surface area contributed by atoms with Crippen LogP contribution in [0.2, 0.25) is 0 Å². The highest BCUT2D eigenvalue weighted by Crippen LogP contribution is 2.26. The Morgan fingerprint density at radius 1 is 1.50 bits per heavy atom. The maximum atomic E-state index is 12.0. The van der Waals surface area contributed by atoms with Crippen molar-refractivity contribution >= 4 is 5.91 Å². The molecule has 0 fully saturated rings. The van der Waals surface area contributed by atoms with Gasteiger partial charge in [-0.15, -0.1) is 0 Å². The van der Waals surface area contributed by atoms with E-state index >= 15 is 0 Å². The van der Waals surface area contributed by atoms with Crippen molar-refractivity contribution in [3.05, 3.63) is 35.4 Å². The third-order valence-corrected chi connectivity index (χ3v) is 2.82. The highest BCUT2D eigenvalue weighted by molar-refractivity contribution is 5.81. The fourth-order valence-electron chi connectivity index (χ4n) is 1.94. The summed E-state index contributed by atoms with van der Waals surface area (Å²) in [5.74, 6) is 0.146. The molecule has 98 valence electrons. The van der Waals surface area contributed by atoms with Crippen molar-refractivity contribution < 1.29 is 14.4 Å². The van der Waals surface area contributed by atoms with Gasteiger partial charge in [-0.25, -0.2) is 5.48 Å². The van der Waals surface area contributed by atoms with Gasteiger partial charge in [0.2, 0.25) is 0 Å². The summed E-state index contributed by atoms with van der Waals surface area (Å²) in [4.78, 5) is 17.1. The van der Waals surface area contributed by atoms with E-state index in [1.165, 1.54) is 5.56 Å². The predicted molar refractivity (Wildman–Crippen MR) is 67.8 cm³/mol. The smallest absolute Gasteiger partial charge is 0.277 e. The van der Waals surface area contributed by atoms with E-state index in [0.29, 0.717) is 19.1 Å². The molecule has 0 saturated heterocycles. The molecule has 1 aliphatic heterocycles. The number of benzene rings is 1. The van der Waals surface area contributed by atoms with E-state index in [0.717, 1.165) is 12.0 Å². The molecule has 2 rings (SSSR count). The minimum atomic E-state index is -0.554. The molecule has 1 atom stereocenters. The van der Waals surface area contributed by atoms with Crippen LogP contribution in [-0.4, -0.2) is 19.1 Å². The van der Waals surface area contributed by atoms with Gasteiger partial charge in [0, 0.05) is 0 Å². The zero-order valence-electron chi connectivity index (χ0n) is 10.8. The van der Waals surface area contributed by atoms with Gasteiger partial charge in [0.25, 0.3) is 5.91 Å². The highest BCUT2D eigenvalue weighted by atomic mass is 16.7. The van der Waals surface area contributed by atoms with E-state index < -0.39 is 6.10 Å². The van der Waals surface area contributed by atoms with E-state index in [4.69, 9.17) is 9.57 Å². The topological polar surface area (TPSA) is 47.6 Å². The van der Waals surface area contributed by atoms with Crippen LogP contribution in [0.5, 0.6) is 0 Å². The summed E-state index contributed by atoms with van der Waals surface area (Å²) in [6.45, 7) is 5.12. The van der Waals surface area contributed by atoms with E-state index in [9.17, 15) is 4.79 Å². The number of amides is 1. The molecule has 4 heteroatoms. The molecule has 0 aliphatic carbocycles. The first-order chi connectivity index (χ1) is 8.68. The van der Waals surface area contributed by atoms with Crippen molar-refractivity contribution in [1.29, 1.82) is 0 Å². The van der Waals surface area contributed by atoms with Crippen molar-refractivity contribution in [1.82, 2.24) is 5.48 Å². The van der Waals surface area contributed by atoms with Gasteiger partial charge in [0.05, 0.1) is 13.2 Å². The quantitative estimate of drug-likeness (QED) is 0.830. The molecule has 1 N–H and O–H groups in total. The van der Waals surface area contributed by atoms with Crippen molar-refractivity contribution in [2.24, 2.45) is 5.92 Å². The van der Waals surface area contributed by atoms with E-state index in [-0.39, 0.29) is 5.91 Å². The zero-order valence-corrected chi connectivity index (χ0v) is 10.8. The van der Waals surface area contributed by atoms with Crippen LogP contribution in [0.25, 0.3) is 0 Å². The van der Waals surface area contributed by atoms with E-state index in [1.54, 1.807) is 0 Å². The lowest BCUT2D eigenvalue weighted by atomic mass is 9.97. The molecule has 1 aromatic rings. The Morgan fingerprint density at radius 2 is 2.28 bits per heavy atom. The van der Waals surface area contributed by atoms with Crippen LogP contribution in [-0.2, 0) is 20.8 Å². The summed E-state index contributed by atoms with van der Waals surface area (Å²) in [5.41, 5.74) is 4.57. The van der Waals surface area contributed by atoms with Gasteiger partial charge in [-0.2, -0.15) is 0 Å². The van der Waals surface area contributed by atoms with Crippen LogP contribution in [0.1, 0.15) is 31.1 Å². The van der Waals surface area contributed by atoms with Crippen molar-refractivity contribution in [2.75, 3.05) is 13.2 Å². The number of nitrogens with one attached hydrogen (secondary N) is 1. The molecule has 0 aromatic heterocycles. The molecule has 18 heavy (non-hydrogen) atoms. The molecule has 1 unspecified atom stereocenters. The molecule has 0 radical (unpaired) electrons. The largest absolute Gasteiger partial charge is 0.363 e. The maximum absolute atomic E-state index is 12.0. The normalized spacial score (nSPS) is 18.5. The first-order valence-electron chi connectivity index (χ1n) is 6.29. The summed E-state index contributed by atoms with van der Waals surface area (Å²) in [6.07, 6.45) is 0.300. The first kappa shape index (κ1) is 13.1. The number of hydroxylamine groups is 1. The number of carbonyl (C=O) groups is 1. The number of hydrogen-bond donors (Lipinski definition) is 1. The molecule has 0 spiro atoms. The van der Waals surface area contributed by atoms with Gasteiger partial charge in [-0.3, -0.25) is 9.63 Å². The molecule has 1 amide bonds. The number of hydrogen-bond acceptors (Lipinski definition) is 3. The summed E-state index contributed by atoms with van der Waals surface area (Å²) in [7, 11) is 0. The van der Waals surface area contributed by atoms with Gasteiger partial charge in [-0.05, 0) is 23.5 Å². The van der Waals surface area contributed by atoms with Crippen LogP contribution in [0.15, 0.2) is 24.3 Å². The number of rotatable bonds is 4. The molecule has 1 aromatic carbocycles. The third kappa shape index (κ3) is 3.09. The Morgan fingerprint density at radius 3 is 3.06 bits per heavy atom. The monoisotopic (exact) mass is 249 g/mol. The Hall–Kier alpha value is -1.39. The summed E-state index contributed by atoms with van der Waals surface area (Å²) in [6, 6.07) is 7.87. The fraction of sp³-hybridized carbons (Fsp3) is 0.500. The second kappa shape index (κ2) is 5.98. The number of fused-ring (bicyclic) bond motifs is 1. The Kier molecular flexibility index (Phi) is 4.33. The Balaban J connectivity index is 1.99. The minimum absolute atomic E-state index is 0.234. The molecule has 4 nitrogen and oxygen atoms in total. The Bertz CT molecular complexity index is 417. The molecule has 1 heterocycles. The van der Waals surface area contributed by atoms with E-state index in [1.807, 2.05) is 38.1 Å². The lowest BCUT2D eigenvalue weighted by molar-refractivity contribution is -0.147. The van der Waals surface area contributed by atoms with Crippen LogP contribution >= 0.6 is 0 Å². The van der Waals surface area contributed by atoms with Crippen molar-refractivity contribution in [3.63, 3.8) is 0 Å². The summed E-state index contributed by atoms with van der Waals surface area (Å²) >= 11 is 0. The second-order valence-electron chi connectivity index (χ2n) is 4.87. The molecule has 0 saturated carbocycles. The average molecular weight is 249 g/mol. The molecular formula is C14H19NO3. The summed E-state index contributed by atoms with van der Waals surface area (Å²) in [5, 5.41) is 0. The van der Waals surface area contributed by atoms with Gasteiger partial charge in [-0.1, -0.05) is 38.1 Å².